The summed E-state index contributed by atoms with van der Waals surface area (Å²) in [5.74, 6) is 0. The lowest BCUT2D eigenvalue weighted by Crippen LogP contribution is -2.30. The van der Waals surface area contributed by atoms with Crippen molar-refractivity contribution in [3.63, 3.8) is 0 Å². The van der Waals surface area contributed by atoms with Crippen LogP contribution >= 0.6 is 0 Å². The van der Waals surface area contributed by atoms with Crippen LogP contribution in [0.3, 0.4) is 0 Å². The topological polar surface area (TPSA) is 66.3 Å². The van der Waals surface area contributed by atoms with Crippen LogP contribution in [0.1, 0.15) is 0 Å². The fourth-order valence-electron chi connectivity index (χ4n) is 1.63. The molecule has 1 aromatic carbocycles. The molecule has 1 aromatic rings. The highest BCUT2D eigenvalue weighted by Gasteiger charge is 2.05. The smallest absolute Gasteiger partial charge is 0.113 e. The first-order valence-electron chi connectivity index (χ1n) is 6.07. The van der Waals surface area contributed by atoms with Gasteiger partial charge >= 0.3 is 0 Å². The minimum absolute atomic E-state index is 0.665. The second-order valence-electron chi connectivity index (χ2n) is 3.88. The Morgan fingerprint density at radius 2 is 1.74 bits per heavy atom. The summed E-state index contributed by atoms with van der Waals surface area (Å²) in [6.07, 6.45) is 1.22. The minimum atomic E-state index is 0.665. The van der Waals surface area contributed by atoms with E-state index in [1.54, 1.807) is 14.2 Å². The lowest BCUT2D eigenvalue weighted by molar-refractivity contribution is 0.190. The Kier molecular flexibility index (Phi) is 7.57. The first kappa shape index (κ1) is 15.4. The number of hydrogen-bond acceptors (Lipinski definition) is 5. The Balaban J connectivity index is 2.68. The van der Waals surface area contributed by atoms with Gasteiger partial charge in [-0.15, -0.1) is 0 Å². The van der Waals surface area contributed by atoms with E-state index in [1.807, 2.05) is 29.7 Å². The van der Waals surface area contributed by atoms with Crippen molar-refractivity contribution in [2.75, 3.05) is 45.4 Å². The maximum absolute atomic E-state index is 8.43. The zero-order valence-electron chi connectivity index (χ0n) is 11.4. The molecule has 19 heavy (non-hydrogen) atoms. The predicted molar refractivity (Wildman–Crippen MR) is 75.5 cm³/mol. The molecule has 0 unspecified atom stereocenters. The molecule has 0 radical (unpaired) electrons. The van der Waals surface area contributed by atoms with Crippen molar-refractivity contribution in [3.05, 3.63) is 24.3 Å². The zero-order chi connectivity index (χ0) is 13.9. The number of anilines is 1. The Morgan fingerprint density at radius 3 is 2.21 bits per heavy atom. The van der Waals surface area contributed by atoms with Gasteiger partial charge in [-0.2, -0.15) is 0 Å². The van der Waals surface area contributed by atoms with Gasteiger partial charge in [0.15, 0.2) is 0 Å². The fourth-order valence-corrected chi connectivity index (χ4v) is 1.63. The normalized spacial score (nSPS) is 10.9. The third-order valence-electron chi connectivity index (χ3n) is 2.62. The highest BCUT2D eigenvalue weighted by atomic mass is 16.5. The third kappa shape index (κ3) is 5.69. The summed E-state index contributed by atoms with van der Waals surface area (Å²) in [5, 5.41) is 8.43. The van der Waals surface area contributed by atoms with Gasteiger partial charge in [-0.1, -0.05) is 0 Å². The van der Waals surface area contributed by atoms with Crippen molar-refractivity contribution in [2.45, 2.75) is 0 Å². The predicted octanol–water partition coefficient (Wildman–Crippen LogP) is 1.42. The van der Waals surface area contributed by atoms with Gasteiger partial charge in [-0.25, -0.2) is 4.99 Å². The number of hydroxylamine groups is 1. The van der Waals surface area contributed by atoms with Crippen LogP contribution in [-0.2, 0) is 9.47 Å². The number of hydrogen-bond donors (Lipinski definition) is 2. The Bertz CT molecular complexity index is 360. The second-order valence-corrected chi connectivity index (χ2v) is 3.88. The molecule has 0 bridgehead atoms. The number of aliphatic imine (C=N–C) groups is 1. The number of ether oxygens (including phenoxy) is 2. The SMILES string of the molecule is COCCN(CCOC)c1ccc(N=CNO)cc1. The Hall–Kier alpha value is -1.63. The molecule has 0 saturated heterocycles. The molecule has 0 amide bonds. The van der Waals surface area contributed by atoms with E-state index >= 15 is 0 Å². The quantitative estimate of drug-likeness (QED) is 0.402. The zero-order valence-corrected chi connectivity index (χ0v) is 11.4. The molecule has 0 aromatic heterocycles. The molecular formula is C13H21N3O3. The molecule has 0 heterocycles. The van der Waals surface area contributed by atoms with E-state index in [0.717, 1.165) is 24.5 Å². The molecule has 0 aliphatic heterocycles. The summed E-state index contributed by atoms with van der Waals surface area (Å²) < 4.78 is 10.2. The van der Waals surface area contributed by atoms with Crippen LogP contribution in [0, 0.1) is 0 Å². The summed E-state index contributed by atoms with van der Waals surface area (Å²) in [6.45, 7) is 2.94. The van der Waals surface area contributed by atoms with Crippen molar-refractivity contribution >= 4 is 17.7 Å². The lowest BCUT2D eigenvalue weighted by Gasteiger charge is -2.24. The number of benzene rings is 1. The molecule has 0 fully saturated rings. The van der Waals surface area contributed by atoms with E-state index in [1.165, 1.54) is 6.34 Å². The summed E-state index contributed by atoms with van der Waals surface area (Å²) in [5.41, 5.74) is 3.73. The Labute approximate surface area is 113 Å². The van der Waals surface area contributed by atoms with Crippen LogP contribution in [0.2, 0.25) is 0 Å². The van der Waals surface area contributed by atoms with Crippen molar-refractivity contribution < 1.29 is 14.7 Å². The van der Waals surface area contributed by atoms with Crippen molar-refractivity contribution in [1.82, 2.24) is 5.48 Å². The molecule has 0 aliphatic rings. The minimum Gasteiger partial charge on any atom is -0.383 e. The molecule has 106 valence electrons. The van der Waals surface area contributed by atoms with Crippen molar-refractivity contribution in [1.29, 1.82) is 0 Å². The van der Waals surface area contributed by atoms with E-state index in [2.05, 4.69) is 9.89 Å². The monoisotopic (exact) mass is 267 g/mol. The summed E-state index contributed by atoms with van der Waals surface area (Å²) in [4.78, 5) is 6.18. The van der Waals surface area contributed by atoms with E-state index in [4.69, 9.17) is 14.7 Å². The fraction of sp³-hybridized carbons (Fsp3) is 0.462. The van der Waals surface area contributed by atoms with Gasteiger partial charge in [0, 0.05) is 33.0 Å². The number of rotatable bonds is 9. The van der Waals surface area contributed by atoms with E-state index < -0.39 is 0 Å². The summed E-state index contributed by atoms with van der Waals surface area (Å²) in [7, 11) is 3.38. The molecule has 6 heteroatoms. The van der Waals surface area contributed by atoms with Gasteiger partial charge in [0.25, 0.3) is 0 Å². The standard InChI is InChI=1S/C13H21N3O3/c1-18-9-7-16(8-10-19-2)13-5-3-12(4-6-13)14-11-15-17/h3-6,11,17H,7-10H2,1-2H3,(H,14,15). The van der Waals surface area contributed by atoms with Crippen LogP contribution in [0.5, 0.6) is 0 Å². The van der Waals surface area contributed by atoms with Crippen LogP contribution in [0.15, 0.2) is 29.3 Å². The molecule has 2 N–H and O–H groups in total. The molecular weight excluding hydrogens is 246 g/mol. The molecule has 0 aliphatic carbocycles. The highest BCUT2D eigenvalue weighted by molar-refractivity contribution is 5.61. The van der Waals surface area contributed by atoms with Crippen molar-refractivity contribution in [2.24, 2.45) is 4.99 Å². The first-order valence-corrected chi connectivity index (χ1v) is 6.07. The van der Waals surface area contributed by atoms with Crippen LogP contribution < -0.4 is 10.4 Å². The van der Waals surface area contributed by atoms with Gasteiger partial charge in [-0.3, -0.25) is 10.7 Å². The van der Waals surface area contributed by atoms with E-state index in [0.29, 0.717) is 13.2 Å². The average molecular weight is 267 g/mol. The van der Waals surface area contributed by atoms with Gasteiger partial charge in [0.05, 0.1) is 18.9 Å². The van der Waals surface area contributed by atoms with Crippen molar-refractivity contribution in [3.8, 4) is 0 Å². The number of nitrogens with one attached hydrogen (secondary N) is 1. The summed E-state index contributed by atoms with van der Waals surface area (Å²) in [6, 6.07) is 7.73. The first-order chi connectivity index (χ1) is 9.31. The maximum atomic E-state index is 8.43. The highest BCUT2D eigenvalue weighted by Crippen LogP contribution is 2.19. The van der Waals surface area contributed by atoms with Crippen LogP contribution in [0.25, 0.3) is 0 Å². The van der Waals surface area contributed by atoms with Crippen LogP contribution in [-0.4, -0.2) is 52.1 Å². The van der Waals surface area contributed by atoms with Crippen LogP contribution in [0.4, 0.5) is 11.4 Å². The van der Waals surface area contributed by atoms with Gasteiger partial charge < -0.3 is 14.4 Å². The molecule has 0 spiro atoms. The molecule has 6 nitrogen and oxygen atoms in total. The molecule has 1 rings (SSSR count). The summed E-state index contributed by atoms with van der Waals surface area (Å²) >= 11 is 0. The average Bonchev–Trinajstić information content (AvgIpc) is 2.46. The van der Waals surface area contributed by atoms with E-state index in [9.17, 15) is 0 Å². The maximum Gasteiger partial charge on any atom is 0.113 e. The number of methoxy groups -OCH3 is 2. The third-order valence-corrected chi connectivity index (χ3v) is 2.62. The van der Waals surface area contributed by atoms with Gasteiger partial charge in [0.1, 0.15) is 6.34 Å². The Morgan fingerprint density at radius 1 is 1.16 bits per heavy atom. The number of nitrogens with zero attached hydrogens (tertiary/aromatic N) is 2. The lowest BCUT2D eigenvalue weighted by atomic mass is 10.2. The van der Waals surface area contributed by atoms with Gasteiger partial charge in [-0.05, 0) is 24.3 Å². The molecule has 0 saturated carbocycles. The van der Waals surface area contributed by atoms with E-state index in [-0.39, 0.29) is 0 Å². The largest absolute Gasteiger partial charge is 0.383 e. The van der Waals surface area contributed by atoms with Gasteiger partial charge in [0.2, 0.25) is 0 Å². The molecule has 0 atom stereocenters. The second kappa shape index (κ2) is 9.32.